The number of benzene rings is 2. The van der Waals surface area contributed by atoms with Crippen LogP contribution in [0.25, 0.3) is 0 Å². The van der Waals surface area contributed by atoms with Crippen LogP contribution in [0, 0.1) is 0 Å². The highest BCUT2D eigenvalue weighted by molar-refractivity contribution is 5.94. The van der Waals surface area contributed by atoms with Crippen LogP contribution in [-0.2, 0) is 17.8 Å². The van der Waals surface area contributed by atoms with E-state index in [1.165, 1.54) is 0 Å². The summed E-state index contributed by atoms with van der Waals surface area (Å²) in [6.45, 7) is 7.94. The van der Waals surface area contributed by atoms with Gasteiger partial charge in [-0.1, -0.05) is 30.3 Å². The van der Waals surface area contributed by atoms with E-state index < -0.39 is 0 Å². The predicted molar refractivity (Wildman–Crippen MR) is 122 cm³/mol. The average molecular weight is 425 g/mol. The lowest BCUT2D eigenvalue weighted by atomic mass is 10.1. The fourth-order valence-corrected chi connectivity index (χ4v) is 3.57. The van der Waals surface area contributed by atoms with Crippen LogP contribution in [0.3, 0.4) is 0 Å². The van der Waals surface area contributed by atoms with Gasteiger partial charge in [0.1, 0.15) is 0 Å². The molecule has 7 heteroatoms. The molecule has 2 N–H and O–H groups in total. The van der Waals surface area contributed by atoms with Crippen molar-refractivity contribution < 1.29 is 14.3 Å². The molecule has 0 aliphatic carbocycles. The zero-order valence-electron chi connectivity index (χ0n) is 18.6. The van der Waals surface area contributed by atoms with E-state index >= 15 is 0 Å². The fourth-order valence-electron chi connectivity index (χ4n) is 3.57. The van der Waals surface area contributed by atoms with E-state index in [1.807, 2.05) is 57.3 Å². The topological polar surface area (TPSA) is 73.9 Å². The van der Waals surface area contributed by atoms with Crippen LogP contribution in [-0.4, -0.2) is 56.2 Å². The molecule has 2 aromatic carbocycles. The number of urea groups is 1. The Kier molecular flexibility index (Phi) is 7.89. The molecule has 0 unspecified atom stereocenters. The van der Waals surface area contributed by atoms with E-state index in [9.17, 15) is 9.59 Å². The van der Waals surface area contributed by atoms with Crippen molar-refractivity contribution in [2.45, 2.75) is 33.0 Å². The number of amides is 3. The van der Waals surface area contributed by atoms with Crippen molar-refractivity contribution in [2.75, 3.05) is 38.3 Å². The lowest BCUT2D eigenvalue weighted by Crippen LogP contribution is -2.39. The molecule has 0 aromatic heterocycles. The Morgan fingerprint density at radius 3 is 2.42 bits per heavy atom. The van der Waals surface area contributed by atoms with E-state index in [0.717, 1.165) is 43.1 Å². The Hall–Kier alpha value is -3.06. The third-order valence-electron chi connectivity index (χ3n) is 5.17. The number of hydrogen-bond acceptors (Lipinski definition) is 4. The molecule has 1 aliphatic heterocycles. The Labute approximate surface area is 184 Å². The summed E-state index contributed by atoms with van der Waals surface area (Å²) < 4.78 is 5.46. The quantitative estimate of drug-likeness (QED) is 0.717. The maximum absolute atomic E-state index is 12.9. The van der Waals surface area contributed by atoms with Crippen molar-refractivity contribution in [3.8, 4) is 0 Å². The second-order valence-corrected chi connectivity index (χ2v) is 8.07. The number of carbonyl (C=O) groups excluding carboxylic acids is 2. The minimum atomic E-state index is -0.200. The molecular weight excluding hydrogens is 392 g/mol. The van der Waals surface area contributed by atoms with Gasteiger partial charge in [-0.2, -0.15) is 0 Å². The summed E-state index contributed by atoms with van der Waals surface area (Å²) in [6.07, 6.45) is 0. The summed E-state index contributed by atoms with van der Waals surface area (Å²) >= 11 is 0. The zero-order chi connectivity index (χ0) is 22.2. The first kappa shape index (κ1) is 22.6. The van der Waals surface area contributed by atoms with Crippen molar-refractivity contribution in [1.82, 2.24) is 15.5 Å². The number of nitrogens with one attached hydrogen (secondary N) is 2. The van der Waals surface area contributed by atoms with Gasteiger partial charge in [0.15, 0.2) is 0 Å². The number of nitrogens with zero attached hydrogens (tertiary/aromatic N) is 2. The van der Waals surface area contributed by atoms with Crippen LogP contribution in [0.4, 0.5) is 10.5 Å². The molecule has 2 aromatic rings. The minimum absolute atomic E-state index is 0.0335. The van der Waals surface area contributed by atoms with Crippen LogP contribution >= 0.6 is 0 Å². The molecular formula is C24H32N4O3. The summed E-state index contributed by atoms with van der Waals surface area (Å²) in [7, 11) is 1.82. The number of ether oxygens (including phenoxy) is 1. The van der Waals surface area contributed by atoms with Crippen molar-refractivity contribution in [3.63, 3.8) is 0 Å². The molecule has 7 nitrogen and oxygen atoms in total. The molecule has 0 atom stereocenters. The Bertz CT molecular complexity index is 877. The molecule has 0 bridgehead atoms. The smallest absolute Gasteiger partial charge is 0.315 e. The third-order valence-corrected chi connectivity index (χ3v) is 5.17. The Balaban J connectivity index is 1.60. The van der Waals surface area contributed by atoms with Crippen LogP contribution in [0.1, 0.15) is 35.3 Å². The molecule has 3 amide bonds. The van der Waals surface area contributed by atoms with Gasteiger partial charge in [0.05, 0.1) is 13.2 Å². The largest absolute Gasteiger partial charge is 0.378 e. The normalized spacial score (nSPS) is 13.7. The Morgan fingerprint density at radius 1 is 1.06 bits per heavy atom. The zero-order valence-corrected chi connectivity index (χ0v) is 18.6. The van der Waals surface area contributed by atoms with E-state index in [1.54, 1.807) is 4.90 Å². The van der Waals surface area contributed by atoms with Gasteiger partial charge in [-0.3, -0.25) is 4.79 Å². The van der Waals surface area contributed by atoms with Gasteiger partial charge in [-0.15, -0.1) is 0 Å². The average Bonchev–Trinajstić information content (AvgIpc) is 2.78. The molecule has 166 valence electrons. The summed E-state index contributed by atoms with van der Waals surface area (Å²) in [5.74, 6) is -0.0335. The van der Waals surface area contributed by atoms with E-state index in [-0.39, 0.29) is 18.0 Å². The highest BCUT2D eigenvalue weighted by atomic mass is 16.5. The Morgan fingerprint density at radius 2 is 1.74 bits per heavy atom. The standard InChI is InChI=1S/C24H32N4O3/c1-18(2)26-24(30)25-16-19-8-10-20(11-9-19)23(29)27(3)17-21-6-4-5-7-22(21)28-12-14-31-15-13-28/h4-11,18H,12-17H2,1-3H3,(H2,25,26,30). The van der Waals surface area contributed by atoms with Crippen LogP contribution in [0.2, 0.25) is 0 Å². The van der Waals surface area contributed by atoms with Gasteiger partial charge in [0.2, 0.25) is 0 Å². The number of morpholine rings is 1. The number of rotatable bonds is 7. The van der Waals surface area contributed by atoms with E-state index in [4.69, 9.17) is 4.74 Å². The van der Waals surface area contributed by atoms with Gasteiger partial charge >= 0.3 is 6.03 Å². The molecule has 1 fully saturated rings. The maximum Gasteiger partial charge on any atom is 0.315 e. The van der Waals surface area contributed by atoms with Gasteiger partial charge in [0, 0.05) is 50.5 Å². The van der Waals surface area contributed by atoms with Gasteiger partial charge in [-0.25, -0.2) is 4.79 Å². The van der Waals surface area contributed by atoms with Gasteiger partial charge < -0.3 is 25.2 Å². The van der Waals surface area contributed by atoms with Crippen LogP contribution in [0.5, 0.6) is 0 Å². The first-order valence-electron chi connectivity index (χ1n) is 10.7. The SMILES string of the molecule is CC(C)NC(=O)NCc1ccc(C(=O)N(C)Cc2ccccc2N2CCOCC2)cc1. The molecule has 31 heavy (non-hydrogen) atoms. The number of para-hydroxylation sites is 1. The monoisotopic (exact) mass is 424 g/mol. The molecule has 0 radical (unpaired) electrons. The van der Waals surface area contributed by atoms with Gasteiger partial charge in [0.25, 0.3) is 5.91 Å². The second-order valence-electron chi connectivity index (χ2n) is 8.07. The predicted octanol–water partition coefficient (Wildman–Crippen LogP) is 3.00. The number of hydrogen-bond donors (Lipinski definition) is 2. The molecule has 3 rings (SSSR count). The summed E-state index contributed by atoms with van der Waals surface area (Å²) in [5.41, 5.74) is 3.85. The van der Waals surface area contributed by atoms with Crippen molar-refractivity contribution in [3.05, 3.63) is 65.2 Å². The van der Waals surface area contributed by atoms with Crippen LogP contribution < -0.4 is 15.5 Å². The summed E-state index contributed by atoms with van der Waals surface area (Å²) in [5, 5.41) is 5.60. The maximum atomic E-state index is 12.9. The summed E-state index contributed by atoms with van der Waals surface area (Å²) in [6, 6.07) is 15.5. The van der Waals surface area contributed by atoms with Crippen LogP contribution in [0.15, 0.2) is 48.5 Å². The minimum Gasteiger partial charge on any atom is -0.378 e. The van der Waals surface area contributed by atoms with Crippen molar-refractivity contribution in [2.24, 2.45) is 0 Å². The van der Waals surface area contributed by atoms with Crippen molar-refractivity contribution >= 4 is 17.6 Å². The molecule has 1 saturated heterocycles. The lowest BCUT2D eigenvalue weighted by Gasteiger charge is -2.31. The highest BCUT2D eigenvalue weighted by Gasteiger charge is 2.18. The number of anilines is 1. The lowest BCUT2D eigenvalue weighted by molar-refractivity contribution is 0.0785. The van der Waals surface area contributed by atoms with Crippen molar-refractivity contribution in [1.29, 1.82) is 0 Å². The number of carbonyl (C=O) groups is 2. The molecule has 1 aliphatic rings. The third kappa shape index (κ3) is 6.46. The van der Waals surface area contributed by atoms with E-state index in [2.05, 4.69) is 27.7 Å². The second kappa shape index (κ2) is 10.8. The highest BCUT2D eigenvalue weighted by Crippen LogP contribution is 2.23. The fraction of sp³-hybridized carbons (Fsp3) is 0.417. The molecule has 1 heterocycles. The summed E-state index contributed by atoms with van der Waals surface area (Å²) in [4.78, 5) is 28.7. The molecule has 0 spiro atoms. The first-order valence-corrected chi connectivity index (χ1v) is 10.7. The first-order chi connectivity index (χ1) is 14.9. The van der Waals surface area contributed by atoms with E-state index in [0.29, 0.717) is 18.7 Å². The molecule has 0 saturated carbocycles. The van der Waals surface area contributed by atoms with Gasteiger partial charge in [-0.05, 0) is 43.2 Å².